The second kappa shape index (κ2) is 5.70. The van der Waals surface area contributed by atoms with Gasteiger partial charge in [0, 0.05) is 4.47 Å². The highest BCUT2D eigenvalue weighted by atomic mass is 79.9. The largest absolute Gasteiger partial charge is 0.456 e. The van der Waals surface area contributed by atoms with Gasteiger partial charge in [0.25, 0.3) is 0 Å². The van der Waals surface area contributed by atoms with Crippen molar-refractivity contribution >= 4 is 15.9 Å². The molecular formula is C15H12BrNO. The van der Waals surface area contributed by atoms with Crippen molar-refractivity contribution in [2.75, 3.05) is 0 Å². The minimum Gasteiger partial charge on any atom is -0.456 e. The third-order valence-corrected chi connectivity index (χ3v) is 3.31. The Hall–Kier alpha value is -1.79. The predicted octanol–water partition coefficient (Wildman–Crippen LogP) is 4.68. The second-order valence-electron chi connectivity index (χ2n) is 3.82. The summed E-state index contributed by atoms with van der Waals surface area (Å²) < 4.78 is 6.47. The molecule has 0 aliphatic rings. The molecule has 3 heteroatoms. The van der Waals surface area contributed by atoms with Crippen LogP contribution in [0.15, 0.2) is 46.9 Å². The number of halogens is 1. The SMILES string of the molecule is CCc1ccc(Oc2cccc(Br)c2C#N)cc1. The number of benzene rings is 2. The maximum atomic E-state index is 9.10. The normalized spacial score (nSPS) is 9.83. The molecule has 2 nitrogen and oxygen atoms in total. The van der Waals surface area contributed by atoms with Crippen molar-refractivity contribution in [2.45, 2.75) is 13.3 Å². The molecule has 0 bridgehead atoms. The van der Waals surface area contributed by atoms with Crippen molar-refractivity contribution in [3.05, 3.63) is 58.1 Å². The zero-order valence-corrected chi connectivity index (χ0v) is 11.6. The lowest BCUT2D eigenvalue weighted by Gasteiger charge is -2.08. The third-order valence-electron chi connectivity index (χ3n) is 2.65. The summed E-state index contributed by atoms with van der Waals surface area (Å²) in [7, 11) is 0. The molecule has 90 valence electrons. The Kier molecular flexibility index (Phi) is 4.01. The van der Waals surface area contributed by atoms with E-state index in [1.807, 2.05) is 36.4 Å². The molecule has 2 aromatic carbocycles. The molecule has 0 saturated heterocycles. The number of nitriles is 1. The summed E-state index contributed by atoms with van der Waals surface area (Å²) in [5, 5.41) is 9.10. The lowest BCUT2D eigenvalue weighted by atomic mass is 10.2. The topological polar surface area (TPSA) is 33.0 Å². The maximum absolute atomic E-state index is 9.10. The molecule has 0 fully saturated rings. The van der Waals surface area contributed by atoms with E-state index in [0.717, 1.165) is 16.6 Å². The minimum atomic E-state index is 0.511. The highest BCUT2D eigenvalue weighted by molar-refractivity contribution is 9.10. The van der Waals surface area contributed by atoms with Crippen LogP contribution in [0.2, 0.25) is 0 Å². The summed E-state index contributed by atoms with van der Waals surface area (Å²) in [4.78, 5) is 0. The smallest absolute Gasteiger partial charge is 0.146 e. The molecule has 0 heterocycles. The zero-order valence-electron chi connectivity index (χ0n) is 9.98. The molecule has 0 spiro atoms. The number of hydrogen-bond acceptors (Lipinski definition) is 2. The van der Waals surface area contributed by atoms with Gasteiger partial charge in [-0.3, -0.25) is 0 Å². The van der Waals surface area contributed by atoms with Crippen LogP contribution < -0.4 is 4.74 Å². The van der Waals surface area contributed by atoms with Gasteiger partial charge in [-0.1, -0.05) is 25.1 Å². The summed E-state index contributed by atoms with van der Waals surface area (Å²) in [5.41, 5.74) is 1.77. The first-order chi connectivity index (χ1) is 8.74. The molecule has 0 unspecified atom stereocenters. The van der Waals surface area contributed by atoms with E-state index in [0.29, 0.717) is 11.3 Å². The standard InChI is InChI=1S/C15H12BrNO/c1-2-11-6-8-12(9-7-11)18-15-5-3-4-14(16)13(15)10-17/h3-9H,2H2,1H3. The van der Waals surface area contributed by atoms with Crippen LogP contribution in [0.4, 0.5) is 0 Å². The average molecular weight is 302 g/mol. The van der Waals surface area contributed by atoms with Crippen molar-refractivity contribution < 1.29 is 4.74 Å². The van der Waals surface area contributed by atoms with Crippen LogP contribution in [0, 0.1) is 11.3 Å². The maximum Gasteiger partial charge on any atom is 0.146 e. The van der Waals surface area contributed by atoms with E-state index in [1.54, 1.807) is 6.07 Å². The van der Waals surface area contributed by atoms with Crippen molar-refractivity contribution in [1.29, 1.82) is 5.26 Å². The highest BCUT2D eigenvalue weighted by Crippen LogP contribution is 2.30. The summed E-state index contributed by atoms with van der Waals surface area (Å²) in [6.07, 6.45) is 1.00. The van der Waals surface area contributed by atoms with Crippen molar-refractivity contribution in [3.8, 4) is 17.6 Å². The van der Waals surface area contributed by atoms with E-state index in [9.17, 15) is 0 Å². The average Bonchev–Trinajstić information content (AvgIpc) is 2.40. The third kappa shape index (κ3) is 2.72. The van der Waals surface area contributed by atoms with Crippen LogP contribution in [0.5, 0.6) is 11.5 Å². The molecule has 0 N–H and O–H groups in total. The molecule has 0 aliphatic heterocycles. The Morgan fingerprint density at radius 3 is 2.50 bits per heavy atom. The van der Waals surface area contributed by atoms with Gasteiger partial charge in [0.15, 0.2) is 0 Å². The van der Waals surface area contributed by atoms with Crippen molar-refractivity contribution in [1.82, 2.24) is 0 Å². The van der Waals surface area contributed by atoms with Gasteiger partial charge >= 0.3 is 0 Å². The minimum absolute atomic E-state index is 0.511. The Morgan fingerprint density at radius 2 is 1.89 bits per heavy atom. The van der Waals surface area contributed by atoms with Crippen LogP contribution in [0.3, 0.4) is 0 Å². The lowest BCUT2D eigenvalue weighted by molar-refractivity contribution is 0.480. The first-order valence-electron chi connectivity index (χ1n) is 5.70. The van der Waals surface area contributed by atoms with Crippen LogP contribution in [-0.4, -0.2) is 0 Å². The summed E-state index contributed by atoms with van der Waals surface area (Å²) in [6.45, 7) is 2.11. The van der Waals surface area contributed by atoms with Crippen LogP contribution >= 0.6 is 15.9 Å². The van der Waals surface area contributed by atoms with E-state index in [4.69, 9.17) is 10.00 Å². The summed E-state index contributed by atoms with van der Waals surface area (Å²) in [6, 6.07) is 15.5. The first-order valence-corrected chi connectivity index (χ1v) is 6.49. The Labute approximate surface area is 115 Å². The summed E-state index contributed by atoms with van der Waals surface area (Å²) in [5.74, 6) is 1.30. The van der Waals surface area contributed by atoms with E-state index in [1.165, 1.54) is 5.56 Å². The van der Waals surface area contributed by atoms with Crippen LogP contribution in [0.25, 0.3) is 0 Å². The van der Waals surface area contributed by atoms with Crippen LogP contribution in [0.1, 0.15) is 18.1 Å². The van der Waals surface area contributed by atoms with E-state index in [2.05, 4.69) is 28.9 Å². The fraction of sp³-hybridized carbons (Fsp3) is 0.133. The Morgan fingerprint density at radius 1 is 1.17 bits per heavy atom. The molecule has 18 heavy (non-hydrogen) atoms. The van der Waals surface area contributed by atoms with Gasteiger partial charge in [-0.2, -0.15) is 5.26 Å². The monoisotopic (exact) mass is 301 g/mol. The highest BCUT2D eigenvalue weighted by Gasteiger charge is 2.07. The molecular weight excluding hydrogens is 290 g/mol. The molecule has 0 radical (unpaired) electrons. The molecule has 0 aromatic heterocycles. The van der Waals surface area contributed by atoms with Gasteiger partial charge in [0.05, 0.1) is 0 Å². The fourth-order valence-electron chi connectivity index (χ4n) is 1.62. The number of ether oxygens (including phenoxy) is 1. The van der Waals surface area contributed by atoms with Crippen LogP contribution in [-0.2, 0) is 6.42 Å². The number of rotatable bonds is 3. The van der Waals surface area contributed by atoms with E-state index < -0.39 is 0 Å². The molecule has 0 atom stereocenters. The van der Waals surface area contributed by atoms with Gasteiger partial charge in [-0.05, 0) is 52.2 Å². The van der Waals surface area contributed by atoms with Crippen molar-refractivity contribution in [2.24, 2.45) is 0 Å². The molecule has 2 aromatic rings. The fourth-order valence-corrected chi connectivity index (χ4v) is 2.05. The molecule has 2 rings (SSSR count). The Bertz CT molecular complexity index is 584. The number of nitrogens with zero attached hydrogens (tertiary/aromatic N) is 1. The zero-order chi connectivity index (χ0) is 13.0. The quantitative estimate of drug-likeness (QED) is 0.825. The number of hydrogen-bond donors (Lipinski definition) is 0. The van der Waals surface area contributed by atoms with Crippen molar-refractivity contribution in [3.63, 3.8) is 0 Å². The second-order valence-corrected chi connectivity index (χ2v) is 4.68. The first kappa shape index (κ1) is 12.7. The number of aryl methyl sites for hydroxylation is 1. The lowest BCUT2D eigenvalue weighted by Crippen LogP contribution is -1.89. The van der Waals surface area contributed by atoms with Gasteiger partial charge in [0.2, 0.25) is 0 Å². The van der Waals surface area contributed by atoms with Gasteiger partial charge in [0.1, 0.15) is 23.1 Å². The van der Waals surface area contributed by atoms with Gasteiger partial charge in [-0.25, -0.2) is 0 Å². The predicted molar refractivity (Wildman–Crippen MR) is 74.8 cm³/mol. The molecule has 0 aliphatic carbocycles. The Balaban J connectivity index is 2.28. The van der Waals surface area contributed by atoms with E-state index in [-0.39, 0.29) is 0 Å². The molecule has 0 saturated carbocycles. The van der Waals surface area contributed by atoms with E-state index >= 15 is 0 Å². The molecule has 0 amide bonds. The van der Waals surface area contributed by atoms with Gasteiger partial charge in [-0.15, -0.1) is 0 Å². The summed E-state index contributed by atoms with van der Waals surface area (Å²) >= 11 is 3.34. The van der Waals surface area contributed by atoms with Gasteiger partial charge < -0.3 is 4.74 Å².